The summed E-state index contributed by atoms with van der Waals surface area (Å²) >= 11 is 0. The average Bonchev–Trinajstić information content (AvgIpc) is 2.36. The van der Waals surface area contributed by atoms with Crippen molar-refractivity contribution in [1.82, 2.24) is 9.80 Å². The van der Waals surface area contributed by atoms with Crippen LogP contribution in [0.15, 0.2) is 0 Å². The highest BCUT2D eigenvalue weighted by Gasteiger charge is 2.36. The molecule has 0 aromatic carbocycles. The zero-order valence-electron chi connectivity index (χ0n) is 12.6. The standard InChI is InChI=1S/C14H29N3O/c1-6-14(5,11-15)12(18)16-7-9-17(10-8-16)13(2,3)4/h6-11,15H2,1-5H3. The van der Waals surface area contributed by atoms with E-state index in [1.54, 1.807) is 0 Å². The minimum absolute atomic E-state index is 0.192. The van der Waals surface area contributed by atoms with Gasteiger partial charge in [-0.05, 0) is 34.1 Å². The van der Waals surface area contributed by atoms with Crippen molar-refractivity contribution in [1.29, 1.82) is 0 Å². The zero-order chi connectivity index (χ0) is 14.0. The Hall–Kier alpha value is -0.610. The van der Waals surface area contributed by atoms with Crippen LogP contribution in [-0.2, 0) is 4.79 Å². The molecule has 1 rings (SSSR count). The molecule has 0 bridgehead atoms. The zero-order valence-corrected chi connectivity index (χ0v) is 12.6. The number of hydrogen-bond acceptors (Lipinski definition) is 3. The molecule has 0 radical (unpaired) electrons. The van der Waals surface area contributed by atoms with E-state index in [1.165, 1.54) is 0 Å². The van der Waals surface area contributed by atoms with E-state index in [4.69, 9.17) is 5.73 Å². The average molecular weight is 255 g/mol. The van der Waals surface area contributed by atoms with Crippen LogP contribution in [0.3, 0.4) is 0 Å². The van der Waals surface area contributed by atoms with Crippen molar-refractivity contribution in [2.24, 2.45) is 11.1 Å². The summed E-state index contributed by atoms with van der Waals surface area (Å²) in [5, 5.41) is 0. The van der Waals surface area contributed by atoms with Gasteiger partial charge in [-0.3, -0.25) is 9.69 Å². The predicted octanol–water partition coefficient (Wildman–Crippen LogP) is 1.30. The Kier molecular flexibility index (Phi) is 4.78. The van der Waals surface area contributed by atoms with Gasteiger partial charge in [0.25, 0.3) is 0 Å². The number of nitrogens with zero attached hydrogens (tertiary/aromatic N) is 2. The van der Waals surface area contributed by atoms with Gasteiger partial charge in [-0.2, -0.15) is 0 Å². The maximum absolute atomic E-state index is 12.5. The Bertz CT molecular complexity index is 284. The normalized spacial score (nSPS) is 21.8. The first kappa shape index (κ1) is 15.4. The number of piperazine rings is 1. The lowest BCUT2D eigenvalue weighted by Gasteiger charge is -2.44. The summed E-state index contributed by atoms with van der Waals surface area (Å²) in [4.78, 5) is 16.9. The van der Waals surface area contributed by atoms with Gasteiger partial charge in [0, 0.05) is 38.3 Å². The van der Waals surface area contributed by atoms with E-state index in [9.17, 15) is 4.79 Å². The van der Waals surface area contributed by atoms with E-state index in [0.717, 1.165) is 32.6 Å². The third kappa shape index (κ3) is 3.23. The predicted molar refractivity (Wildman–Crippen MR) is 75.4 cm³/mol. The van der Waals surface area contributed by atoms with Crippen molar-refractivity contribution in [3.05, 3.63) is 0 Å². The van der Waals surface area contributed by atoms with Gasteiger partial charge in [0.1, 0.15) is 0 Å². The first-order chi connectivity index (χ1) is 8.24. The molecule has 2 N–H and O–H groups in total. The molecular formula is C14H29N3O. The number of amides is 1. The first-order valence-corrected chi connectivity index (χ1v) is 6.99. The molecule has 106 valence electrons. The topological polar surface area (TPSA) is 49.6 Å². The van der Waals surface area contributed by atoms with Crippen LogP contribution in [-0.4, -0.2) is 54.0 Å². The second-order valence-electron chi connectivity index (χ2n) is 6.57. The summed E-state index contributed by atoms with van der Waals surface area (Å²) in [5.74, 6) is 0.223. The summed E-state index contributed by atoms with van der Waals surface area (Å²) < 4.78 is 0. The molecule has 1 aliphatic rings. The highest BCUT2D eigenvalue weighted by molar-refractivity contribution is 5.82. The lowest BCUT2D eigenvalue weighted by Crippen LogP contribution is -2.57. The molecule has 1 unspecified atom stereocenters. The maximum atomic E-state index is 12.5. The lowest BCUT2D eigenvalue weighted by atomic mass is 9.85. The fourth-order valence-electron chi connectivity index (χ4n) is 2.34. The van der Waals surface area contributed by atoms with Gasteiger partial charge in [-0.25, -0.2) is 0 Å². The van der Waals surface area contributed by atoms with Gasteiger partial charge in [0.15, 0.2) is 0 Å². The maximum Gasteiger partial charge on any atom is 0.229 e. The summed E-state index contributed by atoms with van der Waals surface area (Å²) in [6.45, 7) is 14.7. The highest BCUT2D eigenvalue weighted by Crippen LogP contribution is 2.24. The third-order valence-electron chi connectivity index (χ3n) is 4.26. The van der Waals surface area contributed by atoms with Gasteiger partial charge in [0.05, 0.1) is 5.41 Å². The lowest BCUT2D eigenvalue weighted by molar-refractivity contribution is -0.143. The van der Waals surface area contributed by atoms with Crippen molar-refractivity contribution in [2.45, 2.75) is 46.6 Å². The van der Waals surface area contributed by atoms with Crippen LogP contribution in [0.25, 0.3) is 0 Å². The van der Waals surface area contributed by atoms with Crippen LogP contribution in [0.5, 0.6) is 0 Å². The molecule has 1 fully saturated rings. The molecule has 1 amide bonds. The quantitative estimate of drug-likeness (QED) is 0.827. The van der Waals surface area contributed by atoms with E-state index >= 15 is 0 Å². The highest BCUT2D eigenvalue weighted by atomic mass is 16.2. The molecule has 0 saturated carbocycles. The Morgan fingerprint density at radius 2 is 1.61 bits per heavy atom. The number of carbonyl (C=O) groups is 1. The third-order valence-corrected chi connectivity index (χ3v) is 4.26. The van der Waals surface area contributed by atoms with Gasteiger partial charge in [0.2, 0.25) is 5.91 Å². The van der Waals surface area contributed by atoms with E-state index in [1.807, 2.05) is 18.7 Å². The van der Waals surface area contributed by atoms with Gasteiger partial charge >= 0.3 is 0 Å². The molecule has 18 heavy (non-hydrogen) atoms. The van der Waals surface area contributed by atoms with E-state index in [0.29, 0.717) is 6.54 Å². The summed E-state index contributed by atoms with van der Waals surface area (Å²) in [6.07, 6.45) is 0.807. The van der Waals surface area contributed by atoms with Crippen molar-refractivity contribution < 1.29 is 4.79 Å². The monoisotopic (exact) mass is 255 g/mol. The number of rotatable bonds is 3. The Labute approximate surface area is 111 Å². The first-order valence-electron chi connectivity index (χ1n) is 6.99. The summed E-state index contributed by atoms with van der Waals surface area (Å²) in [7, 11) is 0. The van der Waals surface area contributed by atoms with E-state index in [-0.39, 0.29) is 16.9 Å². The Morgan fingerprint density at radius 1 is 1.11 bits per heavy atom. The minimum atomic E-state index is -0.385. The van der Waals surface area contributed by atoms with Gasteiger partial charge < -0.3 is 10.6 Å². The molecular weight excluding hydrogens is 226 g/mol. The van der Waals surface area contributed by atoms with Crippen LogP contribution in [0.1, 0.15) is 41.0 Å². The summed E-state index contributed by atoms with van der Waals surface area (Å²) in [5.41, 5.74) is 5.57. The largest absolute Gasteiger partial charge is 0.340 e. The molecule has 1 aliphatic heterocycles. The Morgan fingerprint density at radius 3 is 1.94 bits per heavy atom. The molecule has 1 saturated heterocycles. The molecule has 0 aliphatic carbocycles. The van der Waals surface area contributed by atoms with Crippen LogP contribution in [0, 0.1) is 5.41 Å². The molecule has 0 aromatic rings. The van der Waals surface area contributed by atoms with Crippen LogP contribution >= 0.6 is 0 Å². The molecule has 0 spiro atoms. The van der Waals surface area contributed by atoms with Crippen molar-refractivity contribution >= 4 is 5.91 Å². The van der Waals surface area contributed by atoms with Crippen molar-refractivity contribution in [3.63, 3.8) is 0 Å². The molecule has 4 nitrogen and oxygen atoms in total. The van der Waals surface area contributed by atoms with Gasteiger partial charge in [-0.15, -0.1) is 0 Å². The smallest absolute Gasteiger partial charge is 0.229 e. The Balaban J connectivity index is 2.61. The summed E-state index contributed by atoms with van der Waals surface area (Å²) in [6, 6.07) is 0. The fraction of sp³-hybridized carbons (Fsp3) is 0.929. The van der Waals surface area contributed by atoms with Crippen molar-refractivity contribution in [3.8, 4) is 0 Å². The SMILES string of the molecule is CCC(C)(CN)C(=O)N1CCN(C(C)(C)C)CC1. The second kappa shape index (κ2) is 5.57. The van der Waals surface area contributed by atoms with Crippen molar-refractivity contribution in [2.75, 3.05) is 32.7 Å². The fourth-order valence-corrected chi connectivity index (χ4v) is 2.34. The number of nitrogens with two attached hydrogens (primary N) is 1. The number of hydrogen-bond donors (Lipinski definition) is 1. The van der Waals surface area contributed by atoms with Crippen LogP contribution in [0.2, 0.25) is 0 Å². The molecule has 0 aromatic heterocycles. The molecule has 1 heterocycles. The molecule has 4 heteroatoms. The molecule has 1 atom stereocenters. The minimum Gasteiger partial charge on any atom is -0.340 e. The van der Waals surface area contributed by atoms with Crippen LogP contribution in [0.4, 0.5) is 0 Å². The van der Waals surface area contributed by atoms with Gasteiger partial charge in [-0.1, -0.05) is 6.92 Å². The van der Waals surface area contributed by atoms with E-state index < -0.39 is 0 Å². The van der Waals surface area contributed by atoms with Crippen LogP contribution < -0.4 is 5.73 Å². The number of carbonyl (C=O) groups excluding carboxylic acids is 1. The second-order valence-corrected chi connectivity index (χ2v) is 6.57. The van der Waals surface area contributed by atoms with E-state index in [2.05, 4.69) is 25.7 Å².